The van der Waals surface area contributed by atoms with E-state index in [1.165, 1.54) is 18.7 Å². The number of hydrogen-bond acceptors (Lipinski definition) is 14. The van der Waals surface area contributed by atoms with Crippen LogP contribution in [0.2, 0.25) is 0 Å². The van der Waals surface area contributed by atoms with Crippen molar-refractivity contribution in [1.29, 1.82) is 16.2 Å². The van der Waals surface area contributed by atoms with Gasteiger partial charge in [-0.3, -0.25) is 69.0 Å². The standard InChI is InChI=1S/C42H76N20O11/c1-21(11-14-29(43)63)33(67)56-22(2)34(68)58-25(12-15-30(44)64)37(71)59-24(8-4-18-54-41(49)50)35(69)61-27(9-5-19-55-42(51)52)39(73)62-20-6-10-28(62)38(72)60-26(13-16-31(45)65)36(70)57-23(32(46)66)7-3-17-53-40(47)48/h21-28H,3-20H2,1-2H3,(H2,43,63)(H2,44,64)(H2,45,65)(H2,46,66)(H,56,67)(H,57,70)(H,58,68)(H,59,71)(H,60,72)(H,61,69)(H4,47,48,53)(H4,49,50,54)(H4,51,52,55)/t21-,22-,23-,24-,25-,26-,27-,28-/m0/s1. The Morgan fingerprint density at radius 3 is 1.32 bits per heavy atom. The van der Waals surface area contributed by atoms with Gasteiger partial charge in [0.05, 0.1) is 0 Å². The molecule has 26 N–H and O–H groups in total. The summed E-state index contributed by atoms with van der Waals surface area (Å²) in [5, 5.41) is 45.2. The minimum atomic E-state index is -1.50. The van der Waals surface area contributed by atoms with E-state index in [2.05, 4.69) is 47.9 Å². The number of rotatable bonds is 35. The summed E-state index contributed by atoms with van der Waals surface area (Å²) in [6, 6.07) is -9.46. The summed E-state index contributed by atoms with van der Waals surface area (Å²) in [5.41, 5.74) is 37.6. The topological polar surface area (TPSA) is 553 Å². The lowest BCUT2D eigenvalue weighted by atomic mass is 10.0. The average Bonchev–Trinajstić information content (AvgIpc) is 3.80. The van der Waals surface area contributed by atoms with E-state index in [4.69, 9.17) is 56.4 Å². The highest BCUT2D eigenvalue weighted by Gasteiger charge is 2.40. The number of hydrogen-bond donors (Lipinski definition) is 19. The van der Waals surface area contributed by atoms with E-state index in [0.29, 0.717) is 6.42 Å². The molecule has 31 heteroatoms. The third kappa shape index (κ3) is 25.6. The van der Waals surface area contributed by atoms with Crippen molar-refractivity contribution in [1.82, 2.24) is 52.8 Å². The number of guanidine groups is 3. The van der Waals surface area contributed by atoms with Crippen LogP contribution in [-0.4, -0.2) is 156 Å². The second kappa shape index (κ2) is 32.8. The molecule has 11 amide bonds. The molecule has 1 aliphatic heterocycles. The zero-order chi connectivity index (χ0) is 55.4. The second-order valence-corrected chi connectivity index (χ2v) is 17.5. The molecule has 1 fully saturated rings. The van der Waals surface area contributed by atoms with Gasteiger partial charge in [0.1, 0.15) is 42.3 Å². The van der Waals surface area contributed by atoms with Gasteiger partial charge >= 0.3 is 0 Å². The Hall–Kier alpha value is -8.02. The first kappa shape index (κ1) is 63.0. The van der Waals surface area contributed by atoms with Gasteiger partial charge in [-0.05, 0) is 77.6 Å². The van der Waals surface area contributed by atoms with Crippen LogP contribution in [0.5, 0.6) is 0 Å². The quantitative estimate of drug-likeness (QED) is 0.0159. The van der Waals surface area contributed by atoms with Crippen LogP contribution in [0.15, 0.2) is 0 Å². The van der Waals surface area contributed by atoms with Crippen molar-refractivity contribution >= 4 is 82.9 Å². The van der Waals surface area contributed by atoms with Crippen LogP contribution in [0, 0.1) is 22.1 Å². The van der Waals surface area contributed by atoms with Crippen LogP contribution in [0.25, 0.3) is 0 Å². The van der Waals surface area contributed by atoms with Crippen LogP contribution in [0.3, 0.4) is 0 Å². The Labute approximate surface area is 422 Å². The molecule has 410 valence electrons. The number of nitrogens with one attached hydrogen (secondary N) is 12. The first-order chi connectivity index (χ1) is 34.2. The third-order valence-corrected chi connectivity index (χ3v) is 11.3. The van der Waals surface area contributed by atoms with Gasteiger partial charge in [0, 0.05) is 51.4 Å². The Kier molecular flexibility index (Phi) is 28.3. The molecule has 0 spiro atoms. The van der Waals surface area contributed by atoms with Crippen LogP contribution in [0.1, 0.15) is 104 Å². The maximum atomic E-state index is 14.5. The molecule has 0 bridgehead atoms. The Morgan fingerprint density at radius 2 is 0.863 bits per heavy atom. The molecule has 31 nitrogen and oxygen atoms in total. The lowest BCUT2D eigenvalue weighted by molar-refractivity contribution is -0.143. The monoisotopic (exact) mass is 1040 g/mol. The van der Waals surface area contributed by atoms with Crippen molar-refractivity contribution in [2.45, 2.75) is 146 Å². The molecule has 8 atom stereocenters. The fourth-order valence-electron chi connectivity index (χ4n) is 7.31. The van der Waals surface area contributed by atoms with Gasteiger partial charge in [-0.1, -0.05) is 6.92 Å². The molecule has 1 saturated heterocycles. The minimum absolute atomic E-state index is 0.00840. The normalized spacial score (nSPS) is 15.7. The van der Waals surface area contributed by atoms with Gasteiger partial charge in [0.25, 0.3) is 0 Å². The molecular formula is C42H76N20O11. The molecule has 0 aromatic heterocycles. The van der Waals surface area contributed by atoms with Gasteiger partial charge < -0.3 is 92.9 Å². The second-order valence-electron chi connectivity index (χ2n) is 17.5. The summed E-state index contributed by atoms with van der Waals surface area (Å²) in [7, 11) is 0. The highest BCUT2D eigenvalue weighted by Crippen LogP contribution is 2.21. The summed E-state index contributed by atoms with van der Waals surface area (Å²) in [5.74, 6) is -10.7. The number of carbonyl (C=O) groups is 11. The fourth-order valence-corrected chi connectivity index (χ4v) is 7.31. The number of likely N-dealkylation sites (tertiary alicyclic amines) is 1. The first-order valence-electron chi connectivity index (χ1n) is 23.7. The molecule has 0 saturated carbocycles. The smallest absolute Gasteiger partial charge is 0.245 e. The van der Waals surface area contributed by atoms with Crippen molar-refractivity contribution in [2.75, 3.05) is 26.2 Å². The molecule has 0 aromatic carbocycles. The summed E-state index contributed by atoms with van der Waals surface area (Å²) >= 11 is 0. The molecule has 73 heavy (non-hydrogen) atoms. The molecule has 0 aromatic rings. The molecule has 0 aliphatic carbocycles. The van der Waals surface area contributed by atoms with Crippen molar-refractivity contribution in [2.24, 2.45) is 46.1 Å². The predicted molar refractivity (Wildman–Crippen MR) is 263 cm³/mol. The lowest BCUT2D eigenvalue weighted by Gasteiger charge is -2.31. The highest BCUT2D eigenvalue weighted by molar-refractivity contribution is 5.98. The van der Waals surface area contributed by atoms with E-state index in [0.717, 1.165) is 0 Å². The van der Waals surface area contributed by atoms with Crippen molar-refractivity contribution < 1.29 is 52.7 Å². The maximum Gasteiger partial charge on any atom is 0.245 e. The van der Waals surface area contributed by atoms with Gasteiger partial charge in [0.2, 0.25) is 65.0 Å². The molecule has 0 unspecified atom stereocenters. The number of carbonyl (C=O) groups excluding carboxylic acids is 11. The number of amides is 11. The third-order valence-electron chi connectivity index (χ3n) is 11.3. The van der Waals surface area contributed by atoms with Crippen LogP contribution in [0.4, 0.5) is 0 Å². The van der Waals surface area contributed by atoms with E-state index in [9.17, 15) is 52.7 Å². The SMILES string of the molecule is C[C@H](NC(=O)[C@@H](C)CCC(N)=O)C(=O)N[C@@H](CCC(N)=O)C(=O)N[C@@H](CCCNC(=N)N)C(=O)N[C@@H](CCCNC(=N)N)C(=O)N1CCC[C@H]1C(=O)N[C@@H](CCC(N)=O)C(=O)N[C@@H](CCCNC(=N)N)C(N)=O. The minimum Gasteiger partial charge on any atom is -0.370 e. The number of nitrogens with two attached hydrogens (primary N) is 7. The molecule has 1 rings (SSSR count). The summed E-state index contributed by atoms with van der Waals surface area (Å²) in [6.45, 7) is 3.15. The van der Waals surface area contributed by atoms with E-state index in [1.807, 2.05) is 0 Å². The van der Waals surface area contributed by atoms with Gasteiger partial charge in [-0.15, -0.1) is 0 Å². The predicted octanol–water partition coefficient (Wildman–Crippen LogP) is -7.39. The average molecular weight is 1040 g/mol. The van der Waals surface area contributed by atoms with Crippen LogP contribution < -0.4 is 88.0 Å². The zero-order valence-electron chi connectivity index (χ0n) is 41.3. The molecule has 1 heterocycles. The van der Waals surface area contributed by atoms with Crippen molar-refractivity contribution in [3.8, 4) is 0 Å². The Bertz CT molecular complexity index is 2010. The molecule has 1 aliphatic rings. The van der Waals surface area contributed by atoms with Gasteiger partial charge in [-0.25, -0.2) is 0 Å². The van der Waals surface area contributed by atoms with E-state index < -0.39 is 120 Å². The van der Waals surface area contributed by atoms with Crippen molar-refractivity contribution in [3.63, 3.8) is 0 Å². The lowest BCUT2D eigenvalue weighted by Crippen LogP contribution is -2.60. The Morgan fingerprint density at radius 1 is 0.479 bits per heavy atom. The van der Waals surface area contributed by atoms with E-state index >= 15 is 0 Å². The van der Waals surface area contributed by atoms with Crippen LogP contribution in [-0.2, 0) is 52.7 Å². The largest absolute Gasteiger partial charge is 0.370 e. The number of primary amides is 4. The fraction of sp³-hybridized carbons (Fsp3) is 0.667. The van der Waals surface area contributed by atoms with Gasteiger partial charge in [0.15, 0.2) is 17.9 Å². The molecule has 0 radical (unpaired) electrons. The number of nitrogens with zero attached hydrogens (tertiary/aromatic N) is 1. The maximum absolute atomic E-state index is 14.5. The molecular weight excluding hydrogens is 961 g/mol. The summed E-state index contributed by atoms with van der Waals surface area (Å²) in [6.07, 6.45) is -0.755. The van der Waals surface area contributed by atoms with E-state index in [-0.39, 0.29) is 121 Å². The van der Waals surface area contributed by atoms with Crippen LogP contribution >= 0.6 is 0 Å². The van der Waals surface area contributed by atoms with Gasteiger partial charge in [-0.2, -0.15) is 0 Å². The Balaban J connectivity index is 3.50. The van der Waals surface area contributed by atoms with E-state index in [1.54, 1.807) is 0 Å². The van der Waals surface area contributed by atoms with Crippen molar-refractivity contribution in [3.05, 3.63) is 0 Å². The zero-order valence-corrected chi connectivity index (χ0v) is 41.3. The summed E-state index contributed by atoms with van der Waals surface area (Å²) in [4.78, 5) is 145. The first-order valence-corrected chi connectivity index (χ1v) is 23.7. The highest BCUT2D eigenvalue weighted by atomic mass is 16.2. The summed E-state index contributed by atoms with van der Waals surface area (Å²) < 4.78 is 0.